The minimum Gasteiger partial charge on any atom is -0.494 e. The lowest BCUT2D eigenvalue weighted by molar-refractivity contribution is -0.147. The maximum atomic E-state index is 12.6. The van der Waals surface area contributed by atoms with Gasteiger partial charge in [-0.25, -0.2) is 8.42 Å². The molecule has 27 heavy (non-hydrogen) atoms. The first-order valence-corrected chi connectivity index (χ1v) is 11.1. The number of aryl methyl sites for hydroxylation is 1. The van der Waals surface area contributed by atoms with Crippen LogP contribution in [0, 0.1) is 6.92 Å². The van der Waals surface area contributed by atoms with Crippen molar-refractivity contribution >= 4 is 21.7 Å². The second-order valence-corrected chi connectivity index (χ2v) is 9.05. The number of nitrogens with one attached hydrogen (secondary N) is 1. The van der Waals surface area contributed by atoms with Crippen molar-refractivity contribution in [3.8, 4) is 5.75 Å². The number of carbonyl (C=O) groups is 2. The van der Waals surface area contributed by atoms with E-state index in [-0.39, 0.29) is 18.1 Å². The van der Waals surface area contributed by atoms with Crippen LogP contribution in [0.1, 0.15) is 44.4 Å². The number of rotatable bonds is 6. The quantitative estimate of drug-likeness (QED) is 0.738. The highest BCUT2D eigenvalue weighted by Crippen LogP contribution is 2.26. The van der Waals surface area contributed by atoms with E-state index in [0.717, 1.165) is 11.1 Å². The molecule has 1 saturated heterocycles. The maximum Gasteiger partial charge on any atom is 0.312 e. The molecular weight excluding hydrogens is 368 g/mol. The van der Waals surface area contributed by atoms with Gasteiger partial charge in [0.05, 0.1) is 24.2 Å². The summed E-state index contributed by atoms with van der Waals surface area (Å²) in [6.07, 6.45) is 0.372. The van der Waals surface area contributed by atoms with Crippen molar-refractivity contribution in [1.29, 1.82) is 0 Å². The van der Waals surface area contributed by atoms with Gasteiger partial charge >= 0.3 is 11.8 Å². The van der Waals surface area contributed by atoms with E-state index >= 15 is 0 Å². The average molecular weight is 397 g/mol. The Bertz CT molecular complexity index is 806. The van der Waals surface area contributed by atoms with Crippen LogP contribution in [0.15, 0.2) is 18.2 Å². The van der Waals surface area contributed by atoms with Crippen LogP contribution in [0.2, 0.25) is 0 Å². The molecule has 0 radical (unpaired) electrons. The molecule has 1 fully saturated rings. The average Bonchev–Trinajstić information content (AvgIpc) is 2.96. The lowest BCUT2D eigenvalue weighted by atomic mass is 10.0. The number of ether oxygens (including phenoxy) is 1. The van der Waals surface area contributed by atoms with Gasteiger partial charge in [-0.15, -0.1) is 0 Å². The molecule has 1 N–H and O–H groups in total. The van der Waals surface area contributed by atoms with Crippen LogP contribution in [-0.4, -0.2) is 55.8 Å². The van der Waals surface area contributed by atoms with Crippen molar-refractivity contribution < 1.29 is 22.7 Å². The molecule has 0 spiro atoms. The molecule has 8 heteroatoms. The predicted molar refractivity (Wildman–Crippen MR) is 103 cm³/mol. The fourth-order valence-corrected chi connectivity index (χ4v) is 5.08. The molecule has 1 aliphatic rings. The van der Waals surface area contributed by atoms with Crippen molar-refractivity contribution in [2.75, 3.05) is 24.7 Å². The summed E-state index contributed by atoms with van der Waals surface area (Å²) in [5.41, 5.74) is 1.82. The van der Waals surface area contributed by atoms with E-state index in [9.17, 15) is 18.0 Å². The van der Waals surface area contributed by atoms with Crippen molar-refractivity contribution in [2.45, 2.75) is 46.2 Å². The van der Waals surface area contributed by atoms with Crippen LogP contribution >= 0.6 is 0 Å². The maximum absolute atomic E-state index is 12.6. The number of sulfone groups is 1. The van der Waals surface area contributed by atoms with Crippen LogP contribution in [0.3, 0.4) is 0 Å². The zero-order chi connectivity index (χ0) is 20.2. The van der Waals surface area contributed by atoms with Gasteiger partial charge in [-0.2, -0.15) is 0 Å². The Balaban J connectivity index is 2.11. The van der Waals surface area contributed by atoms with Gasteiger partial charge in [-0.05, 0) is 40.2 Å². The summed E-state index contributed by atoms with van der Waals surface area (Å²) in [5, 5.41) is 2.72. The van der Waals surface area contributed by atoms with E-state index in [1.54, 1.807) is 13.8 Å². The monoisotopic (exact) mass is 396 g/mol. The standard InChI is InChI=1S/C19H28N2O5S/c1-5-21(15-9-10-27(24,25)12-15)19(23)18(22)20-14(4)16-11-13(3)7-8-17(16)26-6-2/h7-8,11,14-15H,5-6,9-10,12H2,1-4H3,(H,20,22). The van der Waals surface area contributed by atoms with Gasteiger partial charge in [0, 0.05) is 18.2 Å². The number of amides is 2. The fraction of sp³-hybridized carbons (Fsp3) is 0.579. The SMILES string of the molecule is CCOc1ccc(C)cc1C(C)NC(=O)C(=O)N(CC)C1CCS(=O)(=O)C1. The van der Waals surface area contributed by atoms with Gasteiger partial charge in [-0.3, -0.25) is 9.59 Å². The molecule has 0 aromatic heterocycles. The highest BCUT2D eigenvalue weighted by atomic mass is 32.2. The molecule has 1 aromatic carbocycles. The second kappa shape index (κ2) is 8.73. The summed E-state index contributed by atoms with van der Waals surface area (Å²) in [6.45, 7) is 8.14. The highest BCUT2D eigenvalue weighted by Gasteiger charge is 2.36. The smallest absolute Gasteiger partial charge is 0.312 e. The number of likely N-dealkylation sites (N-methyl/N-ethyl adjacent to an activating group) is 1. The number of hydrogen-bond acceptors (Lipinski definition) is 5. The highest BCUT2D eigenvalue weighted by molar-refractivity contribution is 7.91. The molecule has 0 bridgehead atoms. The minimum atomic E-state index is -3.13. The van der Waals surface area contributed by atoms with Gasteiger partial charge in [-0.1, -0.05) is 17.7 Å². The zero-order valence-electron chi connectivity index (χ0n) is 16.3. The Labute approximate surface area is 161 Å². The largest absolute Gasteiger partial charge is 0.494 e. The summed E-state index contributed by atoms with van der Waals surface area (Å²) in [7, 11) is -3.13. The third kappa shape index (κ3) is 5.22. The second-order valence-electron chi connectivity index (χ2n) is 6.82. The summed E-state index contributed by atoms with van der Waals surface area (Å²) < 4.78 is 29.0. The van der Waals surface area contributed by atoms with Crippen LogP contribution in [0.25, 0.3) is 0 Å². The van der Waals surface area contributed by atoms with Crippen LogP contribution in [0.5, 0.6) is 5.75 Å². The Kier molecular flexibility index (Phi) is 6.86. The van der Waals surface area contributed by atoms with E-state index in [1.165, 1.54) is 4.90 Å². The molecule has 2 amide bonds. The molecular formula is C19H28N2O5S. The van der Waals surface area contributed by atoms with Crippen LogP contribution < -0.4 is 10.1 Å². The topological polar surface area (TPSA) is 92.8 Å². The van der Waals surface area contributed by atoms with Gasteiger partial charge in [0.15, 0.2) is 9.84 Å². The molecule has 2 atom stereocenters. The van der Waals surface area contributed by atoms with Gasteiger partial charge in [0.1, 0.15) is 5.75 Å². The Morgan fingerprint density at radius 3 is 2.59 bits per heavy atom. The Morgan fingerprint density at radius 2 is 2.04 bits per heavy atom. The van der Waals surface area contributed by atoms with E-state index in [2.05, 4.69) is 5.32 Å². The molecule has 0 aliphatic carbocycles. The van der Waals surface area contributed by atoms with Crippen LogP contribution in [0.4, 0.5) is 0 Å². The number of hydrogen-bond donors (Lipinski definition) is 1. The third-order valence-electron chi connectivity index (χ3n) is 4.72. The molecule has 7 nitrogen and oxygen atoms in total. The third-order valence-corrected chi connectivity index (χ3v) is 6.47. The molecule has 1 aromatic rings. The van der Waals surface area contributed by atoms with Gasteiger partial charge < -0.3 is 15.0 Å². The van der Waals surface area contributed by atoms with Gasteiger partial charge in [0.2, 0.25) is 0 Å². The van der Waals surface area contributed by atoms with E-state index in [4.69, 9.17) is 4.74 Å². The lowest BCUT2D eigenvalue weighted by Gasteiger charge is -2.27. The van der Waals surface area contributed by atoms with Crippen molar-refractivity contribution in [2.24, 2.45) is 0 Å². The van der Waals surface area contributed by atoms with E-state index in [0.29, 0.717) is 18.8 Å². The van der Waals surface area contributed by atoms with E-state index in [1.807, 2.05) is 32.0 Å². The van der Waals surface area contributed by atoms with E-state index < -0.39 is 33.7 Å². The predicted octanol–water partition coefficient (Wildman–Crippen LogP) is 1.61. The lowest BCUT2D eigenvalue weighted by Crippen LogP contribution is -2.48. The van der Waals surface area contributed by atoms with Crippen molar-refractivity contribution in [3.05, 3.63) is 29.3 Å². The molecule has 0 saturated carbocycles. The molecule has 1 heterocycles. The molecule has 2 rings (SSSR count). The first kappa shape index (κ1) is 21.2. The zero-order valence-corrected chi connectivity index (χ0v) is 17.1. The fourth-order valence-electron chi connectivity index (χ4n) is 3.35. The van der Waals surface area contributed by atoms with Crippen LogP contribution in [-0.2, 0) is 19.4 Å². The Hall–Kier alpha value is -2.09. The summed E-state index contributed by atoms with van der Waals surface area (Å²) in [4.78, 5) is 26.5. The Morgan fingerprint density at radius 1 is 1.33 bits per heavy atom. The van der Waals surface area contributed by atoms with Crippen molar-refractivity contribution in [1.82, 2.24) is 10.2 Å². The minimum absolute atomic E-state index is 0.0560. The molecule has 150 valence electrons. The first-order valence-electron chi connectivity index (χ1n) is 9.23. The number of benzene rings is 1. The number of nitrogens with zero attached hydrogens (tertiary/aromatic N) is 1. The summed E-state index contributed by atoms with van der Waals surface area (Å²) >= 11 is 0. The van der Waals surface area contributed by atoms with Crippen molar-refractivity contribution in [3.63, 3.8) is 0 Å². The normalized spacial score (nSPS) is 19.3. The molecule has 1 aliphatic heterocycles. The van der Waals surface area contributed by atoms with Gasteiger partial charge in [0.25, 0.3) is 0 Å². The number of carbonyl (C=O) groups excluding carboxylic acids is 2. The summed E-state index contributed by atoms with van der Waals surface area (Å²) in [6, 6.07) is 4.83. The summed E-state index contributed by atoms with van der Waals surface area (Å²) in [5.74, 6) is -0.797. The molecule has 2 unspecified atom stereocenters. The first-order chi connectivity index (χ1) is 12.7.